The lowest BCUT2D eigenvalue weighted by molar-refractivity contribution is -0.385. The predicted molar refractivity (Wildman–Crippen MR) is 95.0 cm³/mol. The lowest BCUT2D eigenvalue weighted by Gasteiger charge is -2.28. The number of amides is 1. The van der Waals surface area contributed by atoms with Crippen molar-refractivity contribution in [2.45, 2.75) is 38.3 Å². The van der Waals surface area contributed by atoms with Crippen LogP contribution in [0, 0.1) is 17.0 Å². The molecule has 0 spiro atoms. The largest absolute Gasteiger partial charge is 0.452 e. The van der Waals surface area contributed by atoms with Gasteiger partial charge in [-0.05, 0) is 38.3 Å². The summed E-state index contributed by atoms with van der Waals surface area (Å²) in [5.74, 6) is -1.15. The van der Waals surface area contributed by atoms with Gasteiger partial charge in [-0.15, -0.1) is 0 Å². The average molecular weight is 396 g/mol. The summed E-state index contributed by atoms with van der Waals surface area (Å²) in [6.45, 7) is 1.03. The fraction of sp³-hybridized carbons (Fsp3) is 0.529. The van der Waals surface area contributed by atoms with Gasteiger partial charge in [0.05, 0.1) is 22.0 Å². The van der Waals surface area contributed by atoms with E-state index in [1.54, 1.807) is 4.90 Å². The lowest BCUT2D eigenvalue weighted by atomic mass is 10.1. The summed E-state index contributed by atoms with van der Waals surface area (Å²) < 4.78 is 28.5. The van der Waals surface area contributed by atoms with Crippen molar-refractivity contribution in [2.75, 3.05) is 18.1 Å². The Bertz CT molecular complexity index is 893. The fourth-order valence-corrected chi connectivity index (χ4v) is 5.04. The van der Waals surface area contributed by atoms with Gasteiger partial charge in [0.15, 0.2) is 16.4 Å². The van der Waals surface area contributed by atoms with E-state index in [4.69, 9.17) is 4.74 Å². The number of hydrogen-bond acceptors (Lipinski definition) is 7. The van der Waals surface area contributed by atoms with Crippen molar-refractivity contribution in [3.8, 4) is 0 Å². The maximum absolute atomic E-state index is 12.5. The number of carbonyl (C=O) groups is 2. The summed E-state index contributed by atoms with van der Waals surface area (Å²) in [4.78, 5) is 36.5. The molecule has 0 bridgehead atoms. The molecule has 1 aromatic carbocycles. The topological polar surface area (TPSA) is 124 Å². The van der Waals surface area contributed by atoms with Crippen molar-refractivity contribution in [1.82, 2.24) is 4.90 Å². The molecule has 1 saturated heterocycles. The molecule has 1 heterocycles. The van der Waals surface area contributed by atoms with Gasteiger partial charge in [-0.25, -0.2) is 13.2 Å². The molecule has 1 saturated carbocycles. The van der Waals surface area contributed by atoms with E-state index in [0.29, 0.717) is 12.0 Å². The Hall–Kier alpha value is -2.49. The Morgan fingerprint density at radius 2 is 1.96 bits per heavy atom. The molecule has 9 nitrogen and oxygen atoms in total. The zero-order valence-electron chi connectivity index (χ0n) is 14.8. The number of sulfone groups is 1. The molecule has 1 atom stereocenters. The molecule has 3 rings (SSSR count). The molecule has 27 heavy (non-hydrogen) atoms. The van der Waals surface area contributed by atoms with Gasteiger partial charge in [0, 0.05) is 23.7 Å². The molecule has 146 valence electrons. The molecular formula is C17H20N2O7S. The van der Waals surface area contributed by atoms with Crippen LogP contribution in [0.25, 0.3) is 0 Å². The van der Waals surface area contributed by atoms with Crippen LogP contribution in [0.4, 0.5) is 5.69 Å². The molecular weight excluding hydrogens is 376 g/mol. The van der Waals surface area contributed by atoms with E-state index in [-0.39, 0.29) is 34.8 Å². The van der Waals surface area contributed by atoms with Crippen LogP contribution in [0.5, 0.6) is 0 Å². The molecule has 1 amide bonds. The molecule has 0 radical (unpaired) electrons. The van der Waals surface area contributed by atoms with E-state index in [1.807, 2.05) is 0 Å². The van der Waals surface area contributed by atoms with E-state index in [0.717, 1.165) is 12.8 Å². The second-order valence-corrected chi connectivity index (χ2v) is 9.15. The van der Waals surface area contributed by atoms with Crippen molar-refractivity contribution in [2.24, 2.45) is 0 Å². The fourth-order valence-electron chi connectivity index (χ4n) is 3.33. The molecule has 1 aliphatic carbocycles. The van der Waals surface area contributed by atoms with Gasteiger partial charge in [0.25, 0.3) is 11.6 Å². The number of nitrogens with zero attached hydrogens (tertiary/aromatic N) is 2. The Kier molecular flexibility index (Phi) is 5.18. The monoisotopic (exact) mass is 396 g/mol. The highest BCUT2D eigenvalue weighted by molar-refractivity contribution is 7.91. The summed E-state index contributed by atoms with van der Waals surface area (Å²) in [6, 6.07) is 3.48. The highest BCUT2D eigenvalue weighted by Crippen LogP contribution is 2.32. The zero-order chi connectivity index (χ0) is 19.8. The van der Waals surface area contributed by atoms with Crippen LogP contribution < -0.4 is 0 Å². The van der Waals surface area contributed by atoms with Crippen molar-refractivity contribution in [3.05, 3.63) is 39.4 Å². The van der Waals surface area contributed by atoms with Gasteiger partial charge in [-0.1, -0.05) is 0 Å². The van der Waals surface area contributed by atoms with Crippen molar-refractivity contribution in [3.63, 3.8) is 0 Å². The average Bonchev–Trinajstić information content (AvgIpc) is 3.35. The number of nitro groups is 1. The van der Waals surface area contributed by atoms with Crippen molar-refractivity contribution >= 4 is 27.4 Å². The van der Waals surface area contributed by atoms with Crippen LogP contribution in [0.15, 0.2) is 18.2 Å². The summed E-state index contributed by atoms with van der Waals surface area (Å²) in [5.41, 5.74) is 0.328. The number of hydrogen-bond donors (Lipinski definition) is 0. The molecule has 0 unspecified atom stereocenters. The van der Waals surface area contributed by atoms with Crippen molar-refractivity contribution < 1.29 is 27.7 Å². The maximum atomic E-state index is 12.5. The predicted octanol–water partition coefficient (Wildman–Crippen LogP) is 1.24. The minimum absolute atomic E-state index is 0.0103. The van der Waals surface area contributed by atoms with Gasteiger partial charge in [-0.3, -0.25) is 14.9 Å². The quantitative estimate of drug-likeness (QED) is 0.402. The van der Waals surface area contributed by atoms with E-state index in [9.17, 15) is 28.1 Å². The summed E-state index contributed by atoms with van der Waals surface area (Å²) in [6.07, 6.45) is 2.04. The van der Waals surface area contributed by atoms with Gasteiger partial charge < -0.3 is 9.64 Å². The van der Waals surface area contributed by atoms with E-state index >= 15 is 0 Å². The third-order valence-electron chi connectivity index (χ3n) is 4.79. The molecule has 10 heteroatoms. The Morgan fingerprint density at radius 1 is 1.26 bits per heavy atom. The lowest BCUT2D eigenvalue weighted by Crippen LogP contribution is -2.44. The number of carbonyl (C=O) groups excluding carboxylic acids is 2. The number of aryl methyl sites for hydroxylation is 1. The highest BCUT2D eigenvalue weighted by atomic mass is 32.2. The number of benzene rings is 1. The number of ether oxygens (including phenoxy) is 1. The number of nitro benzene ring substituents is 1. The first kappa shape index (κ1) is 19.3. The van der Waals surface area contributed by atoms with Crippen molar-refractivity contribution in [1.29, 1.82) is 0 Å². The molecule has 0 N–H and O–H groups in total. The Balaban J connectivity index is 1.63. The third-order valence-corrected chi connectivity index (χ3v) is 6.54. The summed E-state index contributed by atoms with van der Waals surface area (Å²) in [5, 5.41) is 10.8. The molecule has 0 aromatic heterocycles. The first-order valence-corrected chi connectivity index (χ1v) is 10.4. The second-order valence-electron chi connectivity index (χ2n) is 6.92. The SMILES string of the molecule is Cc1cc(C(=O)OCC(=O)N(C2CC2)[C@@H]2CCS(=O)(=O)C2)ccc1[N+](=O)[O-]. The van der Waals surface area contributed by atoms with Gasteiger partial charge in [0.1, 0.15) is 0 Å². The molecule has 1 aromatic rings. The molecule has 2 aliphatic rings. The van der Waals surface area contributed by atoms with Crippen LogP contribution in [-0.2, 0) is 19.4 Å². The standard InChI is InChI=1S/C17H20N2O7S/c1-11-8-12(2-5-15(11)19(22)23)17(21)26-9-16(20)18(13-3-4-13)14-6-7-27(24,25)10-14/h2,5,8,13-14H,3-4,6-7,9-10H2,1H3/t14-/m1/s1. The molecule has 1 aliphatic heterocycles. The third kappa shape index (κ3) is 4.44. The van der Waals surface area contributed by atoms with Crippen LogP contribution in [0.1, 0.15) is 35.2 Å². The number of esters is 1. The minimum Gasteiger partial charge on any atom is -0.452 e. The highest BCUT2D eigenvalue weighted by Gasteiger charge is 2.42. The second kappa shape index (κ2) is 7.26. The van der Waals surface area contributed by atoms with Gasteiger partial charge in [-0.2, -0.15) is 0 Å². The number of rotatable bonds is 6. The van der Waals surface area contributed by atoms with E-state index in [1.165, 1.54) is 25.1 Å². The van der Waals surface area contributed by atoms with E-state index in [2.05, 4.69) is 0 Å². The van der Waals surface area contributed by atoms with Crippen LogP contribution in [0.3, 0.4) is 0 Å². The smallest absolute Gasteiger partial charge is 0.338 e. The van der Waals surface area contributed by atoms with Crippen LogP contribution >= 0.6 is 0 Å². The summed E-state index contributed by atoms with van der Waals surface area (Å²) >= 11 is 0. The maximum Gasteiger partial charge on any atom is 0.338 e. The Morgan fingerprint density at radius 3 is 2.48 bits per heavy atom. The molecule has 2 fully saturated rings. The first-order chi connectivity index (χ1) is 12.7. The van der Waals surface area contributed by atoms with Crippen LogP contribution in [0.2, 0.25) is 0 Å². The first-order valence-electron chi connectivity index (χ1n) is 8.62. The van der Waals surface area contributed by atoms with Crippen LogP contribution in [-0.4, -0.2) is 60.3 Å². The normalized spacial score (nSPS) is 20.9. The minimum atomic E-state index is -3.13. The zero-order valence-corrected chi connectivity index (χ0v) is 15.6. The van der Waals surface area contributed by atoms with Gasteiger partial charge in [0.2, 0.25) is 0 Å². The Labute approximate surface area is 156 Å². The van der Waals surface area contributed by atoms with Gasteiger partial charge >= 0.3 is 5.97 Å². The summed E-state index contributed by atoms with van der Waals surface area (Å²) in [7, 11) is -3.13. The van der Waals surface area contributed by atoms with E-state index < -0.39 is 33.2 Å².